The Hall–Kier alpha value is -2.70. The van der Waals surface area contributed by atoms with Crippen LogP contribution in [0.15, 0.2) is 24.3 Å². The van der Waals surface area contributed by atoms with Gasteiger partial charge in [0.05, 0.1) is 5.69 Å². The van der Waals surface area contributed by atoms with Crippen LogP contribution in [-0.4, -0.2) is 46.5 Å². The number of aromatic nitrogens is 2. The fourth-order valence-corrected chi connectivity index (χ4v) is 3.91. The van der Waals surface area contributed by atoms with E-state index in [9.17, 15) is 4.79 Å². The minimum Gasteiger partial charge on any atom is -0.454 e. The van der Waals surface area contributed by atoms with E-state index in [-0.39, 0.29) is 18.7 Å². The number of nitrogens with zero attached hydrogens (tertiary/aromatic N) is 3. The maximum absolute atomic E-state index is 13.1. The number of nitrogens with one attached hydrogen (secondary N) is 1. The van der Waals surface area contributed by atoms with Crippen LogP contribution >= 0.6 is 0 Å². The maximum atomic E-state index is 13.1. The van der Waals surface area contributed by atoms with E-state index in [0.717, 1.165) is 48.7 Å². The smallest absolute Gasteiger partial charge is 0.272 e. The predicted molar refractivity (Wildman–Crippen MR) is 107 cm³/mol. The normalized spacial score (nSPS) is 18.6. The molecule has 1 N–H and O–H groups in total. The number of aryl methyl sites for hydroxylation is 1. The van der Waals surface area contributed by atoms with Gasteiger partial charge in [-0.05, 0) is 43.4 Å². The number of piperidine rings is 1. The minimum absolute atomic E-state index is 0.0576. The van der Waals surface area contributed by atoms with E-state index >= 15 is 0 Å². The lowest BCUT2D eigenvalue weighted by Crippen LogP contribution is -2.45. The summed E-state index contributed by atoms with van der Waals surface area (Å²) in [7, 11) is 1.85. The van der Waals surface area contributed by atoms with Crippen molar-refractivity contribution in [2.45, 2.75) is 39.2 Å². The summed E-state index contributed by atoms with van der Waals surface area (Å²) >= 11 is 0. The zero-order valence-corrected chi connectivity index (χ0v) is 16.8. The number of hydrogen-bond donors (Lipinski definition) is 1. The van der Waals surface area contributed by atoms with Crippen LogP contribution in [0.1, 0.15) is 42.9 Å². The van der Waals surface area contributed by atoms with Gasteiger partial charge < -0.3 is 19.7 Å². The lowest BCUT2D eigenvalue weighted by Gasteiger charge is -2.33. The molecule has 2 aromatic rings. The van der Waals surface area contributed by atoms with Crippen LogP contribution in [0.2, 0.25) is 0 Å². The number of benzene rings is 1. The van der Waals surface area contributed by atoms with Gasteiger partial charge in [0.25, 0.3) is 5.91 Å². The van der Waals surface area contributed by atoms with Crippen LogP contribution in [0.3, 0.4) is 0 Å². The van der Waals surface area contributed by atoms with Gasteiger partial charge in [-0.2, -0.15) is 5.10 Å². The van der Waals surface area contributed by atoms with Gasteiger partial charge in [-0.3, -0.25) is 9.48 Å². The Kier molecular flexibility index (Phi) is 5.15. The molecule has 1 amide bonds. The second-order valence-electron chi connectivity index (χ2n) is 8.05. The highest BCUT2D eigenvalue weighted by atomic mass is 16.7. The molecule has 1 atom stereocenters. The van der Waals surface area contributed by atoms with Crippen LogP contribution in [0.4, 0.5) is 5.69 Å². The molecule has 1 aromatic carbocycles. The third-order valence-electron chi connectivity index (χ3n) is 5.22. The maximum Gasteiger partial charge on any atom is 0.272 e. The summed E-state index contributed by atoms with van der Waals surface area (Å²) < 4.78 is 12.5. The van der Waals surface area contributed by atoms with E-state index in [0.29, 0.717) is 18.2 Å². The monoisotopic (exact) mass is 384 g/mol. The molecule has 7 nitrogen and oxygen atoms in total. The second kappa shape index (κ2) is 7.73. The van der Waals surface area contributed by atoms with Crippen molar-refractivity contribution in [3.63, 3.8) is 0 Å². The zero-order chi connectivity index (χ0) is 19.7. The van der Waals surface area contributed by atoms with Gasteiger partial charge in [0.15, 0.2) is 11.5 Å². The topological polar surface area (TPSA) is 68.6 Å². The van der Waals surface area contributed by atoms with Crippen molar-refractivity contribution < 1.29 is 14.3 Å². The number of hydrogen-bond acceptors (Lipinski definition) is 5. The van der Waals surface area contributed by atoms with E-state index in [2.05, 4.69) is 24.3 Å². The second-order valence-corrected chi connectivity index (χ2v) is 8.05. The summed E-state index contributed by atoms with van der Waals surface area (Å²) in [6, 6.07) is 8.02. The Morgan fingerprint density at radius 3 is 2.93 bits per heavy atom. The largest absolute Gasteiger partial charge is 0.454 e. The number of fused-ring (bicyclic) bond motifs is 1. The molecule has 3 heterocycles. The third kappa shape index (κ3) is 3.93. The van der Waals surface area contributed by atoms with E-state index in [1.807, 2.05) is 36.2 Å². The number of amides is 1. The minimum atomic E-state index is 0.0576. The molecule has 0 saturated carbocycles. The van der Waals surface area contributed by atoms with Crippen LogP contribution in [0.25, 0.3) is 0 Å². The predicted octanol–water partition coefficient (Wildman–Crippen LogP) is 3.06. The average molecular weight is 384 g/mol. The van der Waals surface area contributed by atoms with Gasteiger partial charge in [0, 0.05) is 37.9 Å². The molecule has 0 bridgehead atoms. The van der Waals surface area contributed by atoms with E-state index in [1.165, 1.54) is 0 Å². The fraction of sp³-hybridized carbons (Fsp3) is 0.524. The van der Waals surface area contributed by atoms with Crippen LogP contribution in [0, 0.1) is 5.92 Å². The van der Waals surface area contributed by atoms with Crippen molar-refractivity contribution in [1.29, 1.82) is 0 Å². The molecule has 2 aliphatic rings. The van der Waals surface area contributed by atoms with Crippen LogP contribution < -0.4 is 14.8 Å². The highest BCUT2D eigenvalue weighted by Crippen LogP contribution is 2.34. The molecular formula is C21H28N4O3. The highest BCUT2D eigenvalue weighted by molar-refractivity contribution is 5.92. The van der Waals surface area contributed by atoms with Gasteiger partial charge >= 0.3 is 0 Å². The van der Waals surface area contributed by atoms with Gasteiger partial charge in [-0.15, -0.1) is 0 Å². The van der Waals surface area contributed by atoms with Crippen molar-refractivity contribution in [2.24, 2.45) is 13.0 Å². The van der Waals surface area contributed by atoms with Crippen molar-refractivity contribution in [3.05, 3.63) is 35.7 Å². The molecule has 2 aliphatic heterocycles. The Labute approximate surface area is 165 Å². The summed E-state index contributed by atoms with van der Waals surface area (Å²) in [4.78, 5) is 15.0. The average Bonchev–Trinajstić information content (AvgIpc) is 3.26. The number of likely N-dealkylation sites (tertiary alicyclic amines) is 1. The molecule has 0 spiro atoms. The van der Waals surface area contributed by atoms with E-state index in [4.69, 9.17) is 9.47 Å². The van der Waals surface area contributed by atoms with E-state index in [1.54, 1.807) is 4.68 Å². The zero-order valence-electron chi connectivity index (χ0n) is 16.8. The molecular weight excluding hydrogens is 356 g/mol. The first-order chi connectivity index (χ1) is 13.5. The first-order valence-electron chi connectivity index (χ1n) is 9.98. The molecule has 0 radical (unpaired) electrons. The molecule has 0 aliphatic carbocycles. The Balaban J connectivity index is 1.42. The molecule has 0 unspecified atom stereocenters. The van der Waals surface area contributed by atoms with Gasteiger partial charge in [0.1, 0.15) is 5.69 Å². The summed E-state index contributed by atoms with van der Waals surface area (Å²) in [6.07, 6.45) is 2.89. The molecule has 28 heavy (non-hydrogen) atoms. The van der Waals surface area contributed by atoms with Gasteiger partial charge in [0.2, 0.25) is 6.79 Å². The molecule has 1 saturated heterocycles. The number of carbonyl (C=O) groups is 1. The molecule has 1 fully saturated rings. The fourth-order valence-electron chi connectivity index (χ4n) is 3.91. The summed E-state index contributed by atoms with van der Waals surface area (Å²) in [5.41, 5.74) is 2.63. The molecule has 7 heteroatoms. The SMILES string of the molecule is CC(C)Cc1cc(C(=O)N2CCC[C@H](Nc3ccc4c(c3)OCO4)C2)n(C)n1. The van der Waals surface area contributed by atoms with Crippen LogP contribution in [-0.2, 0) is 13.5 Å². The lowest BCUT2D eigenvalue weighted by molar-refractivity contribution is 0.0703. The Bertz CT molecular complexity index is 861. The molecule has 150 valence electrons. The van der Waals surface area contributed by atoms with Gasteiger partial charge in [-0.25, -0.2) is 0 Å². The van der Waals surface area contributed by atoms with Gasteiger partial charge in [-0.1, -0.05) is 13.8 Å². The number of rotatable bonds is 5. The summed E-state index contributed by atoms with van der Waals surface area (Å²) in [5, 5.41) is 8.06. The van der Waals surface area contributed by atoms with E-state index < -0.39 is 0 Å². The Morgan fingerprint density at radius 2 is 2.11 bits per heavy atom. The molecule has 4 rings (SSSR count). The number of anilines is 1. The first kappa shape index (κ1) is 18.7. The molecule has 1 aromatic heterocycles. The summed E-state index contributed by atoms with van der Waals surface area (Å²) in [6.45, 7) is 6.05. The van der Waals surface area contributed by atoms with Crippen molar-refractivity contribution in [1.82, 2.24) is 14.7 Å². The first-order valence-corrected chi connectivity index (χ1v) is 9.98. The summed E-state index contributed by atoms with van der Waals surface area (Å²) in [5.74, 6) is 2.12. The highest BCUT2D eigenvalue weighted by Gasteiger charge is 2.27. The van der Waals surface area contributed by atoms with Crippen molar-refractivity contribution >= 4 is 11.6 Å². The standard InChI is InChI=1S/C21H28N4O3/c1-14(2)9-17-10-18(24(3)23-17)21(26)25-8-4-5-16(12-25)22-15-6-7-19-20(11-15)28-13-27-19/h6-7,10-11,14,16,22H,4-5,8-9,12-13H2,1-3H3/t16-/m0/s1. The van der Waals surface area contributed by atoms with Crippen molar-refractivity contribution in [3.8, 4) is 11.5 Å². The Morgan fingerprint density at radius 1 is 1.29 bits per heavy atom. The number of ether oxygens (including phenoxy) is 2. The van der Waals surface area contributed by atoms with Crippen LogP contribution in [0.5, 0.6) is 11.5 Å². The van der Waals surface area contributed by atoms with Crippen molar-refractivity contribution in [2.75, 3.05) is 25.2 Å². The lowest BCUT2D eigenvalue weighted by atomic mass is 10.0. The quantitative estimate of drug-likeness (QED) is 0.858. The third-order valence-corrected chi connectivity index (χ3v) is 5.22. The number of carbonyl (C=O) groups excluding carboxylic acids is 1.